The summed E-state index contributed by atoms with van der Waals surface area (Å²) in [4.78, 5) is 18.3. The number of hydrogen-bond donors (Lipinski definition) is 1. The van der Waals surface area contributed by atoms with Gasteiger partial charge in [0.15, 0.2) is 5.96 Å². The second-order valence-corrected chi connectivity index (χ2v) is 6.75. The number of nitrogens with one attached hydrogen (secondary N) is 1. The molecule has 2 aromatic rings. The monoisotopic (exact) mass is 365 g/mol. The van der Waals surface area contributed by atoms with Crippen molar-refractivity contribution in [2.24, 2.45) is 4.99 Å². The molecule has 1 aliphatic heterocycles. The summed E-state index contributed by atoms with van der Waals surface area (Å²) in [7, 11) is 3.23. The summed E-state index contributed by atoms with van der Waals surface area (Å²) in [5.74, 6) is 1.22. The van der Waals surface area contributed by atoms with Gasteiger partial charge in [0.05, 0.1) is 12.7 Å². The molecule has 0 spiro atoms. The Morgan fingerprint density at radius 2 is 1.93 bits per heavy atom. The summed E-state index contributed by atoms with van der Waals surface area (Å²) in [5.41, 5.74) is 3.16. The predicted octanol–water partition coefficient (Wildman–Crippen LogP) is 3.08. The van der Waals surface area contributed by atoms with Crippen molar-refractivity contribution in [3.8, 4) is 0 Å². The first-order valence-electron chi connectivity index (χ1n) is 9.39. The zero-order valence-electron chi connectivity index (χ0n) is 16.0. The number of likely N-dealkylation sites (tertiary alicyclic amines) is 1. The van der Waals surface area contributed by atoms with E-state index in [0.29, 0.717) is 11.5 Å². The second-order valence-electron chi connectivity index (χ2n) is 6.75. The van der Waals surface area contributed by atoms with Crippen molar-refractivity contribution in [2.45, 2.75) is 18.8 Å². The molecular formula is C22H27N3O2. The molecule has 2 aromatic carbocycles. The molecule has 1 atom stereocenters. The average Bonchev–Trinajstić information content (AvgIpc) is 3.22. The topological polar surface area (TPSA) is 53.9 Å². The maximum atomic E-state index is 11.5. The van der Waals surface area contributed by atoms with E-state index in [1.807, 2.05) is 19.2 Å². The van der Waals surface area contributed by atoms with Crippen LogP contribution in [0.15, 0.2) is 59.6 Å². The Balaban J connectivity index is 1.49. The lowest BCUT2D eigenvalue weighted by Gasteiger charge is -2.22. The zero-order valence-corrected chi connectivity index (χ0v) is 16.0. The van der Waals surface area contributed by atoms with Crippen LogP contribution in [0.5, 0.6) is 0 Å². The van der Waals surface area contributed by atoms with Crippen molar-refractivity contribution in [1.82, 2.24) is 10.2 Å². The zero-order chi connectivity index (χ0) is 19.1. The number of methoxy groups -OCH3 is 1. The molecule has 0 aromatic heterocycles. The number of benzene rings is 2. The molecule has 0 amide bonds. The molecule has 1 aliphatic rings. The third kappa shape index (κ3) is 4.88. The molecule has 1 unspecified atom stereocenters. The van der Waals surface area contributed by atoms with Crippen LogP contribution >= 0.6 is 0 Å². The number of nitrogens with zero attached hydrogens (tertiary/aromatic N) is 2. The van der Waals surface area contributed by atoms with E-state index >= 15 is 0 Å². The van der Waals surface area contributed by atoms with E-state index in [0.717, 1.165) is 38.4 Å². The lowest BCUT2D eigenvalue weighted by atomic mass is 9.99. The summed E-state index contributed by atoms with van der Waals surface area (Å²) in [5, 5.41) is 3.46. The summed E-state index contributed by atoms with van der Waals surface area (Å²) < 4.78 is 4.73. The van der Waals surface area contributed by atoms with E-state index in [1.165, 1.54) is 18.2 Å². The SMILES string of the molecule is CN=C(NCCc1ccc(C(=O)OC)cc1)N1CCC(c2ccccc2)C1. The van der Waals surface area contributed by atoms with E-state index in [2.05, 4.69) is 45.5 Å². The van der Waals surface area contributed by atoms with E-state index in [-0.39, 0.29) is 5.97 Å². The molecule has 142 valence electrons. The smallest absolute Gasteiger partial charge is 0.337 e. The maximum Gasteiger partial charge on any atom is 0.337 e. The minimum atomic E-state index is -0.304. The third-order valence-electron chi connectivity index (χ3n) is 5.04. The fourth-order valence-corrected chi connectivity index (χ4v) is 3.53. The normalized spacial score (nSPS) is 17.0. The van der Waals surface area contributed by atoms with Gasteiger partial charge < -0.3 is 15.0 Å². The minimum Gasteiger partial charge on any atom is -0.465 e. The van der Waals surface area contributed by atoms with Crippen molar-refractivity contribution < 1.29 is 9.53 Å². The Labute approximate surface area is 161 Å². The van der Waals surface area contributed by atoms with Crippen molar-refractivity contribution in [1.29, 1.82) is 0 Å². The van der Waals surface area contributed by atoms with Crippen LogP contribution < -0.4 is 5.32 Å². The first kappa shape index (κ1) is 19.0. The van der Waals surface area contributed by atoms with Crippen LogP contribution in [-0.2, 0) is 11.2 Å². The number of esters is 1. The molecule has 0 bridgehead atoms. The molecule has 0 radical (unpaired) electrons. The average molecular weight is 365 g/mol. The van der Waals surface area contributed by atoms with Crippen LogP contribution in [0.1, 0.15) is 33.8 Å². The van der Waals surface area contributed by atoms with Crippen LogP contribution in [0, 0.1) is 0 Å². The molecular weight excluding hydrogens is 338 g/mol. The summed E-state index contributed by atoms with van der Waals surface area (Å²) in [6.45, 7) is 2.82. The Kier molecular flexibility index (Phi) is 6.47. The van der Waals surface area contributed by atoms with Gasteiger partial charge in [0, 0.05) is 32.6 Å². The first-order chi connectivity index (χ1) is 13.2. The molecule has 1 heterocycles. The summed E-state index contributed by atoms with van der Waals surface area (Å²) in [6, 6.07) is 18.3. The molecule has 3 rings (SSSR count). The number of hydrogen-bond acceptors (Lipinski definition) is 3. The van der Waals surface area contributed by atoms with Crippen LogP contribution in [0.2, 0.25) is 0 Å². The molecule has 0 aliphatic carbocycles. The van der Waals surface area contributed by atoms with Gasteiger partial charge in [-0.2, -0.15) is 0 Å². The van der Waals surface area contributed by atoms with Gasteiger partial charge >= 0.3 is 5.97 Å². The van der Waals surface area contributed by atoms with Crippen LogP contribution in [0.25, 0.3) is 0 Å². The minimum absolute atomic E-state index is 0.304. The van der Waals surface area contributed by atoms with Gasteiger partial charge in [0.25, 0.3) is 0 Å². The fourth-order valence-electron chi connectivity index (χ4n) is 3.53. The fraction of sp³-hybridized carbons (Fsp3) is 0.364. The number of carbonyl (C=O) groups excluding carboxylic acids is 1. The van der Waals surface area contributed by atoms with E-state index in [9.17, 15) is 4.79 Å². The van der Waals surface area contributed by atoms with Gasteiger partial charge in [0.2, 0.25) is 0 Å². The lowest BCUT2D eigenvalue weighted by Crippen LogP contribution is -2.40. The van der Waals surface area contributed by atoms with Gasteiger partial charge in [-0.3, -0.25) is 4.99 Å². The van der Waals surface area contributed by atoms with Crippen LogP contribution in [0.3, 0.4) is 0 Å². The molecule has 5 heteroatoms. The highest BCUT2D eigenvalue weighted by molar-refractivity contribution is 5.89. The highest BCUT2D eigenvalue weighted by Gasteiger charge is 2.25. The maximum absolute atomic E-state index is 11.5. The summed E-state index contributed by atoms with van der Waals surface area (Å²) in [6.07, 6.45) is 2.02. The number of ether oxygens (including phenoxy) is 1. The van der Waals surface area contributed by atoms with Crippen LogP contribution in [0.4, 0.5) is 0 Å². The van der Waals surface area contributed by atoms with Gasteiger partial charge in [-0.1, -0.05) is 42.5 Å². The molecule has 5 nitrogen and oxygen atoms in total. The number of aliphatic imine (C=N–C) groups is 1. The number of rotatable bonds is 5. The highest BCUT2D eigenvalue weighted by Crippen LogP contribution is 2.26. The highest BCUT2D eigenvalue weighted by atomic mass is 16.5. The van der Waals surface area contributed by atoms with Gasteiger partial charge in [-0.15, -0.1) is 0 Å². The largest absolute Gasteiger partial charge is 0.465 e. The number of guanidine groups is 1. The quantitative estimate of drug-likeness (QED) is 0.503. The van der Waals surface area contributed by atoms with E-state index in [4.69, 9.17) is 4.74 Å². The Hall–Kier alpha value is -2.82. The van der Waals surface area contributed by atoms with Crippen molar-refractivity contribution in [3.05, 3.63) is 71.3 Å². The predicted molar refractivity (Wildman–Crippen MR) is 108 cm³/mol. The van der Waals surface area contributed by atoms with Crippen molar-refractivity contribution in [3.63, 3.8) is 0 Å². The molecule has 1 N–H and O–H groups in total. The summed E-state index contributed by atoms with van der Waals surface area (Å²) >= 11 is 0. The first-order valence-corrected chi connectivity index (χ1v) is 9.39. The van der Waals surface area contributed by atoms with Gasteiger partial charge in [-0.25, -0.2) is 4.79 Å². The standard InChI is InChI=1S/C22H27N3O2/c1-23-22(25-15-13-20(16-25)18-6-4-3-5-7-18)24-14-12-17-8-10-19(11-9-17)21(26)27-2/h3-11,20H,12-16H2,1-2H3,(H,23,24). The number of carbonyl (C=O) groups is 1. The molecule has 1 fully saturated rings. The Bertz CT molecular complexity index is 772. The van der Waals surface area contributed by atoms with Crippen molar-refractivity contribution >= 4 is 11.9 Å². The Morgan fingerprint density at radius 3 is 2.59 bits per heavy atom. The van der Waals surface area contributed by atoms with E-state index < -0.39 is 0 Å². The van der Waals surface area contributed by atoms with E-state index in [1.54, 1.807) is 12.1 Å². The Morgan fingerprint density at radius 1 is 1.19 bits per heavy atom. The molecule has 1 saturated heterocycles. The lowest BCUT2D eigenvalue weighted by molar-refractivity contribution is 0.0600. The van der Waals surface area contributed by atoms with Crippen LogP contribution in [-0.4, -0.2) is 50.6 Å². The molecule has 27 heavy (non-hydrogen) atoms. The second kappa shape index (κ2) is 9.21. The third-order valence-corrected chi connectivity index (χ3v) is 5.04. The van der Waals surface area contributed by atoms with Crippen molar-refractivity contribution in [2.75, 3.05) is 33.8 Å². The van der Waals surface area contributed by atoms with Gasteiger partial charge in [-0.05, 0) is 36.1 Å². The molecule has 0 saturated carbocycles. The van der Waals surface area contributed by atoms with Gasteiger partial charge in [0.1, 0.15) is 0 Å².